The first-order valence-corrected chi connectivity index (χ1v) is 6.13. The predicted octanol–water partition coefficient (Wildman–Crippen LogP) is 1.53. The molecule has 90 valence electrons. The van der Waals surface area contributed by atoms with Crippen LogP contribution in [0.2, 0.25) is 0 Å². The smallest absolute Gasteiger partial charge is 0.133 e. The summed E-state index contributed by atoms with van der Waals surface area (Å²) >= 11 is 0. The molecule has 0 bridgehead atoms. The van der Waals surface area contributed by atoms with E-state index in [0.717, 1.165) is 18.8 Å². The second-order valence-electron chi connectivity index (χ2n) is 5.67. The van der Waals surface area contributed by atoms with Gasteiger partial charge in [-0.1, -0.05) is 13.8 Å². The molecule has 0 aromatic carbocycles. The number of nitrogens with one attached hydrogen (secondary N) is 1. The molecule has 16 heavy (non-hydrogen) atoms. The van der Waals surface area contributed by atoms with E-state index >= 15 is 0 Å². The molecule has 0 amide bonds. The van der Waals surface area contributed by atoms with Crippen molar-refractivity contribution in [1.82, 2.24) is 20.1 Å². The van der Waals surface area contributed by atoms with Gasteiger partial charge in [-0.3, -0.25) is 0 Å². The third-order valence-corrected chi connectivity index (χ3v) is 3.56. The van der Waals surface area contributed by atoms with Crippen LogP contribution in [0.3, 0.4) is 0 Å². The Morgan fingerprint density at radius 1 is 1.56 bits per heavy atom. The van der Waals surface area contributed by atoms with Crippen molar-refractivity contribution in [3.8, 4) is 0 Å². The van der Waals surface area contributed by atoms with E-state index in [1.54, 1.807) is 6.33 Å². The summed E-state index contributed by atoms with van der Waals surface area (Å²) in [6, 6.07) is 0.697. The third-order valence-electron chi connectivity index (χ3n) is 3.56. The van der Waals surface area contributed by atoms with Gasteiger partial charge in [-0.2, -0.15) is 0 Å². The zero-order valence-corrected chi connectivity index (χ0v) is 10.5. The largest absolute Gasteiger partial charge is 0.321 e. The molecule has 1 aromatic rings. The van der Waals surface area contributed by atoms with E-state index in [9.17, 15) is 0 Å². The van der Waals surface area contributed by atoms with Gasteiger partial charge < -0.3 is 9.88 Å². The van der Waals surface area contributed by atoms with Crippen LogP contribution in [0.25, 0.3) is 0 Å². The molecule has 4 nitrogen and oxygen atoms in total. The summed E-state index contributed by atoms with van der Waals surface area (Å²) in [7, 11) is 1.99. The average Bonchev–Trinajstić information content (AvgIpc) is 2.74. The summed E-state index contributed by atoms with van der Waals surface area (Å²) in [6.45, 7) is 5.72. The molecule has 1 N–H and O–H groups in total. The van der Waals surface area contributed by atoms with Crippen LogP contribution in [0, 0.1) is 5.41 Å². The van der Waals surface area contributed by atoms with Crippen LogP contribution in [0.15, 0.2) is 6.33 Å². The molecule has 0 saturated heterocycles. The molecule has 0 aliphatic heterocycles. The first-order valence-electron chi connectivity index (χ1n) is 6.13. The molecular weight excluding hydrogens is 200 g/mol. The second kappa shape index (κ2) is 4.53. The molecule has 1 fully saturated rings. The van der Waals surface area contributed by atoms with Gasteiger partial charge in [-0.05, 0) is 24.7 Å². The Labute approximate surface area is 97.5 Å². The second-order valence-corrected chi connectivity index (χ2v) is 5.67. The van der Waals surface area contributed by atoms with Crippen molar-refractivity contribution in [2.24, 2.45) is 12.5 Å². The van der Waals surface area contributed by atoms with Crippen LogP contribution in [0.1, 0.15) is 38.9 Å². The molecule has 1 saturated carbocycles. The van der Waals surface area contributed by atoms with E-state index in [1.807, 2.05) is 11.6 Å². The molecule has 2 rings (SSSR count). The van der Waals surface area contributed by atoms with E-state index < -0.39 is 0 Å². The van der Waals surface area contributed by atoms with Crippen LogP contribution in [0.4, 0.5) is 0 Å². The van der Waals surface area contributed by atoms with Gasteiger partial charge in [0.05, 0.1) is 0 Å². The number of hydrogen-bond acceptors (Lipinski definition) is 3. The molecule has 1 aliphatic carbocycles. The minimum atomic E-state index is 0.530. The standard InChI is InChI=1S/C12H22N4/c1-12(2)6-4-10(8-12)13-7-5-11-15-14-9-16(11)3/h9-10,13H,4-8H2,1-3H3. The quantitative estimate of drug-likeness (QED) is 0.840. The first kappa shape index (κ1) is 11.6. The highest BCUT2D eigenvalue weighted by atomic mass is 15.2. The Morgan fingerprint density at radius 3 is 2.94 bits per heavy atom. The van der Waals surface area contributed by atoms with Crippen molar-refractivity contribution in [2.45, 2.75) is 45.6 Å². The molecule has 1 aliphatic rings. The summed E-state index contributed by atoms with van der Waals surface area (Å²) in [6.07, 6.45) is 6.67. The van der Waals surface area contributed by atoms with Crippen LogP contribution in [0.5, 0.6) is 0 Å². The fourth-order valence-electron chi connectivity index (χ4n) is 2.53. The Balaban J connectivity index is 1.71. The number of aromatic nitrogens is 3. The van der Waals surface area contributed by atoms with Gasteiger partial charge in [0.2, 0.25) is 0 Å². The Morgan fingerprint density at radius 2 is 2.38 bits per heavy atom. The normalized spacial score (nSPS) is 23.8. The number of nitrogens with zero attached hydrogens (tertiary/aromatic N) is 3. The summed E-state index contributed by atoms with van der Waals surface area (Å²) in [5, 5.41) is 11.6. The molecule has 1 aromatic heterocycles. The first-order chi connectivity index (χ1) is 7.57. The van der Waals surface area contributed by atoms with Crippen molar-refractivity contribution in [2.75, 3.05) is 6.54 Å². The van der Waals surface area contributed by atoms with E-state index in [1.165, 1.54) is 19.3 Å². The molecule has 1 atom stereocenters. The maximum Gasteiger partial charge on any atom is 0.133 e. The molecule has 4 heteroatoms. The number of hydrogen-bond donors (Lipinski definition) is 1. The molecule has 1 heterocycles. The maximum atomic E-state index is 4.08. The summed E-state index contributed by atoms with van der Waals surface area (Å²) in [5.41, 5.74) is 0.530. The molecule has 0 spiro atoms. The monoisotopic (exact) mass is 222 g/mol. The average molecular weight is 222 g/mol. The number of aryl methyl sites for hydroxylation is 1. The SMILES string of the molecule is Cn1cnnc1CCNC1CCC(C)(C)C1. The lowest BCUT2D eigenvalue weighted by atomic mass is 9.92. The lowest BCUT2D eigenvalue weighted by Gasteiger charge is -2.17. The highest BCUT2D eigenvalue weighted by Gasteiger charge is 2.30. The minimum Gasteiger partial charge on any atom is -0.321 e. The molecular formula is C12H22N4. The van der Waals surface area contributed by atoms with Gasteiger partial charge in [-0.15, -0.1) is 10.2 Å². The van der Waals surface area contributed by atoms with E-state index in [-0.39, 0.29) is 0 Å². The third kappa shape index (κ3) is 2.82. The summed E-state index contributed by atoms with van der Waals surface area (Å²) < 4.78 is 1.99. The van der Waals surface area contributed by atoms with Gasteiger partial charge in [0.1, 0.15) is 12.2 Å². The van der Waals surface area contributed by atoms with Gasteiger partial charge in [0, 0.05) is 26.1 Å². The topological polar surface area (TPSA) is 42.7 Å². The van der Waals surface area contributed by atoms with Crippen molar-refractivity contribution >= 4 is 0 Å². The highest BCUT2D eigenvalue weighted by molar-refractivity contribution is 4.89. The highest BCUT2D eigenvalue weighted by Crippen LogP contribution is 2.36. The van der Waals surface area contributed by atoms with Gasteiger partial charge >= 0.3 is 0 Å². The Bertz CT molecular complexity index is 343. The van der Waals surface area contributed by atoms with Crippen LogP contribution in [-0.2, 0) is 13.5 Å². The summed E-state index contributed by atoms with van der Waals surface area (Å²) in [5.74, 6) is 1.06. The maximum absolute atomic E-state index is 4.08. The van der Waals surface area contributed by atoms with E-state index in [2.05, 4.69) is 29.4 Å². The van der Waals surface area contributed by atoms with E-state index in [4.69, 9.17) is 0 Å². The van der Waals surface area contributed by atoms with E-state index in [0.29, 0.717) is 11.5 Å². The van der Waals surface area contributed by atoms with Crippen LogP contribution < -0.4 is 5.32 Å². The number of rotatable bonds is 4. The molecule has 1 unspecified atom stereocenters. The Kier molecular flexibility index (Phi) is 3.28. The fourth-order valence-corrected chi connectivity index (χ4v) is 2.53. The van der Waals surface area contributed by atoms with Gasteiger partial charge in [0.15, 0.2) is 0 Å². The zero-order chi connectivity index (χ0) is 11.6. The van der Waals surface area contributed by atoms with Crippen LogP contribution in [-0.4, -0.2) is 27.4 Å². The lowest BCUT2D eigenvalue weighted by molar-refractivity contribution is 0.364. The summed E-state index contributed by atoms with van der Waals surface area (Å²) in [4.78, 5) is 0. The predicted molar refractivity (Wildman–Crippen MR) is 64.1 cm³/mol. The van der Waals surface area contributed by atoms with Crippen molar-refractivity contribution in [1.29, 1.82) is 0 Å². The molecule has 0 radical (unpaired) electrons. The van der Waals surface area contributed by atoms with Crippen molar-refractivity contribution in [3.63, 3.8) is 0 Å². The van der Waals surface area contributed by atoms with Crippen molar-refractivity contribution < 1.29 is 0 Å². The lowest BCUT2D eigenvalue weighted by Crippen LogP contribution is -2.29. The van der Waals surface area contributed by atoms with Crippen molar-refractivity contribution in [3.05, 3.63) is 12.2 Å². The van der Waals surface area contributed by atoms with Crippen LogP contribution >= 0.6 is 0 Å². The minimum absolute atomic E-state index is 0.530. The van der Waals surface area contributed by atoms with Gasteiger partial charge in [-0.25, -0.2) is 0 Å². The Hall–Kier alpha value is -0.900. The zero-order valence-electron chi connectivity index (χ0n) is 10.5. The fraction of sp³-hybridized carbons (Fsp3) is 0.833. The van der Waals surface area contributed by atoms with Gasteiger partial charge in [0.25, 0.3) is 0 Å².